The average Bonchev–Trinajstić information content (AvgIpc) is 2.73. The minimum Gasteiger partial charge on any atom is -0.484 e. The molecule has 3 rings (SSSR count). The van der Waals surface area contributed by atoms with Crippen molar-refractivity contribution >= 4 is 40.5 Å². The van der Waals surface area contributed by atoms with Crippen LogP contribution in [0.1, 0.15) is 10.4 Å². The van der Waals surface area contributed by atoms with E-state index in [0.717, 1.165) is 0 Å². The first-order valence-corrected chi connectivity index (χ1v) is 9.13. The number of non-ortho nitro benzene ring substituents is 1. The zero-order chi connectivity index (χ0) is 21.5. The molecule has 0 aliphatic carbocycles. The van der Waals surface area contributed by atoms with E-state index in [9.17, 15) is 19.7 Å². The molecule has 30 heavy (non-hydrogen) atoms. The molecule has 0 heterocycles. The molecule has 2 N–H and O–H groups in total. The molecule has 0 fully saturated rings. The van der Waals surface area contributed by atoms with Crippen LogP contribution in [0.3, 0.4) is 0 Å². The lowest BCUT2D eigenvalue weighted by molar-refractivity contribution is -0.384. The predicted octanol–water partition coefficient (Wildman–Crippen LogP) is 4.52. The van der Waals surface area contributed by atoms with E-state index in [2.05, 4.69) is 10.6 Å². The van der Waals surface area contributed by atoms with Crippen LogP contribution >= 0.6 is 11.6 Å². The number of anilines is 2. The molecule has 0 unspecified atom stereocenters. The van der Waals surface area contributed by atoms with Crippen LogP contribution in [0.5, 0.6) is 5.75 Å². The Morgan fingerprint density at radius 2 is 1.60 bits per heavy atom. The molecule has 2 amide bonds. The molecule has 0 spiro atoms. The fourth-order valence-corrected chi connectivity index (χ4v) is 2.75. The van der Waals surface area contributed by atoms with E-state index >= 15 is 0 Å². The van der Waals surface area contributed by atoms with Crippen LogP contribution in [0.2, 0.25) is 5.02 Å². The minimum absolute atomic E-state index is 0.0672. The van der Waals surface area contributed by atoms with Crippen molar-refractivity contribution in [2.24, 2.45) is 0 Å². The summed E-state index contributed by atoms with van der Waals surface area (Å²) in [6, 6.07) is 18.7. The highest BCUT2D eigenvalue weighted by molar-refractivity contribution is 6.34. The number of hydrogen-bond acceptors (Lipinski definition) is 5. The number of nitro groups is 1. The topological polar surface area (TPSA) is 111 Å². The lowest BCUT2D eigenvalue weighted by Gasteiger charge is -2.10. The summed E-state index contributed by atoms with van der Waals surface area (Å²) in [6.07, 6.45) is 0. The Morgan fingerprint density at radius 3 is 2.27 bits per heavy atom. The van der Waals surface area contributed by atoms with Gasteiger partial charge >= 0.3 is 0 Å². The molecule has 3 aromatic rings. The lowest BCUT2D eigenvalue weighted by Crippen LogP contribution is -2.20. The van der Waals surface area contributed by atoms with Gasteiger partial charge in [-0.15, -0.1) is 0 Å². The Balaban J connectivity index is 1.56. The molecule has 0 saturated carbocycles. The second kappa shape index (κ2) is 9.53. The van der Waals surface area contributed by atoms with Crippen LogP contribution in [0.25, 0.3) is 0 Å². The summed E-state index contributed by atoms with van der Waals surface area (Å²) in [6.45, 7) is -0.284. The highest BCUT2D eigenvalue weighted by Crippen LogP contribution is 2.20. The van der Waals surface area contributed by atoms with Gasteiger partial charge in [0, 0.05) is 23.5 Å². The van der Waals surface area contributed by atoms with Crippen LogP contribution in [-0.4, -0.2) is 23.3 Å². The van der Waals surface area contributed by atoms with Gasteiger partial charge in [0.25, 0.3) is 17.5 Å². The summed E-state index contributed by atoms with van der Waals surface area (Å²) in [5.74, 6) is -0.468. The summed E-state index contributed by atoms with van der Waals surface area (Å²) in [5.41, 5.74) is 1.21. The third-order valence-corrected chi connectivity index (χ3v) is 4.27. The third kappa shape index (κ3) is 5.55. The van der Waals surface area contributed by atoms with E-state index in [0.29, 0.717) is 27.7 Å². The minimum atomic E-state index is -0.520. The maximum Gasteiger partial charge on any atom is 0.269 e. The van der Waals surface area contributed by atoms with E-state index in [1.165, 1.54) is 24.3 Å². The van der Waals surface area contributed by atoms with Gasteiger partial charge in [-0.3, -0.25) is 19.7 Å². The van der Waals surface area contributed by atoms with Gasteiger partial charge in [-0.05, 0) is 42.5 Å². The van der Waals surface area contributed by atoms with Gasteiger partial charge in [0.2, 0.25) is 0 Å². The van der Waals surface area contributed by atoms with Gasteiger partial charge in [-0.25, -0.2) is 0 Å². The summed E-state index contributed by atoms with van der Waals surface area (Å²) in [5, 5.41) is 16.4. The maximum atomic E-state index is 12.3. The smallest absolute Gasteiger partial charge is 0.269 e. The van der Waals surface area contributed by atoms with Gasteiger partial charge in [-0.1, -0.05) is 29.8 Å². The first-order valence-electron chi connectivity index (χ1n) is 8.75. The van der Waals surface area contributed by atoms with Crippen LogP contribution in [-0.2, 0) is 4.79 Å². The van der Waals surface area contributed by atoms with Crippen molar-refractivity contribution in [3.63, 3.8) is 0 Å². The Bertz CT molecular complexity index is 1090. The first-order chi connectivity index (χ1) is 14.4. The quantitative estimate of drug-likeness (QED) is 0.427. The molecule has 8 nitrogen and oxygen atoms in total. The van der Waals surface area contributed by atoms with Crippen molar-refractivity contribution in [3.05, 3.63) is 93.5 Å². The SMILES string of the molecule is O=C(COc1ccc([N+](=O)[O-])cc1)Nc1cccc(NC(=O)c2ccccc2Cl)c1. The van der Waals surface area contributed by atoms with Gasteiger partial charge in [-0.2, -0.15) is 0 Å². The molecule has 0 bridgehead atoms. The fraction of sp³-hybridized carbons (Fsp3) is 0.0476. The number of nitrogens with one attached hydrogen (secondary N) is 2. The van der Waals surface area contributed by atoms with E-state index in [-0.39, 0.29) is 18.2 Å². The number of nitrogens with zero attached hydrogens (tertiary/aromatic N) is 1. The van der Waals surface area contributed by atoms with Crippen molar-refractivity contribution < 1.29 is 19.2 Å². The first kappa shape index (κ1) is 20.8. The van der Waals surface area contributed by atoms with Crippen molar-refractivity contribution in [3.8, 4) is 5.75 Å². The molecule has 0 aliphatic rings. The molecule has 0 radical (unpaired) electrons. The molecule has 0 aromatic heterocycles. The summed E-state index contributed by atoms with van der Waals surface area (Å²) >= 11 is 6.03. The average molecular weight is 426 g/mol. The molecular weight excluding hydrogens is 410 g/mol. The number of ether oxygens (including phenoxy) is 1. The third-order valence-electron chi connectivity index (χ3n) is 3.94. The fourth-order valence-electron chi connectivity index (χ4n) is 2.53. The van der Waals surface area contributed by atoms with E-state index < -0.39 is 10.8 Å². The Kier molecular flexibility index (Phi) is 6.61. The molecule has 0 atom stereocenters. The van der Waals surface area contributed by atoms with Crippen LogP contribution < -0.4 is 15.4 Å². The summed E-state index contributed by atoms with van der Waals surface area (Å²) in [7, 11) is 0. The van der Waals surface area contributed by atoms with Gasteiger partial charge in [0.1, 0.15) is 5.75 Å². The van der Waals surface area contributed by atoms with Crippen molar-refractivity contribution in [1.29, 1.82) is 0 Å². The number of halogens is 1. The standard InChI is InChI=1S/C21H16ClN3O5/c22-19-7-2-1-6-18(19)21(27)24-15-5-3-4-14(12-15)23-20(26)13-30-17-10-8-16(9-11-17)25(28)29/h1-12H,13H2,(H,23,26)(H,24,27). The monoisotopic (exact) mass is 425 g/mol. The summed E-state index contributed by atoms with van der Waals surface area (Å²) in [4.78, 5) is 34.6. The molecule has 152 valence electrons. The zero-order valence-corrected chi connectivity index (χ0v) is 16.3. The van der Waals surface area contributed by atoms with E-state index in [1.807, 2.05) is 0 Å². The number of carbonyl (C=O) groups excluding carboxylic acids is 2. The Labute approximate surface area is 176 Å². The second-order valence-electron chi connectivity index (χ2n) is 6.10. The molecule has 0 saturated heterocycles. The van der Waals surface area contributed by atoms with Crippen molar-refractivity contribution in [1.82, 2.24) is 0 Å². The van der Waals surface area contributed by atoms with Gasteiger partial charge in [0.05, 0.1) is 15.5 Å². The molecule has 0 aliphatic heterocycles. The molecule has 3 aromatic carbocycles. The number of rotatable bonds is 7. The lowest BCUT2D eigenvalue weighted by atomic mass is 10.2. The van der Waals surface area contributed by atoms with Gasteiger partial charge < -0.3 is 15.4 Å². The molecule has 9 heteroatoms. The number of carbonyl (C=O) groups is 2. The highest BCUT2D eigenvalue weighted by Gasteiger charge is 2.11. The van der Waals surface area contributed by atoms with Crippen molar-refractivity contribution in [2.45, 2.75) is 0 Å². The number of nitro benzene ring substituents is 1. The van der Waals surface area contributed by atoms with Crippen LogP contribution in [0, 0.1) is 10.1 Å². The predicted molar refractivity (Wildman–Crippen MR) is 113 cm³/mol. The van der Waals surface area contributed by atoms with E-state index in [1.54, 1.807) is 48.5 Å². The van der Waals surface area contributed by atoms with Crippen LogP contribution in [0.4, 0.5) is 17.1 Å². The Hall–Kier alpha value is -3.91. The van der Waals surface area contributed by atoms with Crippen LogP contribution in [0.15, 0.2) is 72.8 Å². The largest absolute Gasteiger partial charge is 0.484 e. The molecular formula is C21H16ClN3O5. The van der Waals surface area contributed by atoms with E-state index in [4.69, 9.17) is 16.3 Å². The zero-order valence-electron chi connectivity index (χ0n) is 15.5. The number of amides is 2. The highest BCUT2D eigenvalue weighted by atomic mass is 35.5. The normalized spacial score (nSPS) is 10.2. The maximum absolute atomic E-state index is 12.3. The van der Waals surface area contributed by atoms with Crippen molar-refractivity contribution in [2.75, 3.05) is 17.2 Å². The summed E-state index contributed by atoms with van der Waals surface area (Å²) < 4.78 is 5.32. The Morgan fingerprint density at radius 1 is 0.933 bits per heavy atom. The second-order valence-corrected chi connectivity index (χ2v) is 6.51. The number of benzene rings is 3. The number of hydrogen-bond donors (Lipinski definition) is 2. The van der Waals surface area contributed by atoms with Gasteiger partial charge in [0.15, 0.2) is 6.61 Å².